The third kappa shape index (κ3) is 7.69. The minimum atomic E-state index is -0.136. The van der Waals surface area contributed by atoms with E-state index in [0.29, 0.717) is 34.0 Å². The van der Waals surface area contributed by atoms with Crippen LogP contribution in [-0.2, 0) is 0 Å². The van der Waals surface area contributed by atoms with Gasteiger partial charge in [0.1, 0.15) is 9.75 Å². The first-order valence-corrected chi connectivity index (χ1v) is 14.8. The van der Waals surface area contributed by atoms with Crippen molar-refractivity contribution in [2.45, 2.75) is 65.2 Å². The van der Waals surface area contributed by atoms with Crippen LogP contribution < -0.4 is 0 Å². The monoisotopic (exact) mass is 610 g/mol. The number of hydrogen-bond donors (Lipinski definition) is 1. The van der Waals surface area contributed by atoms with Crippen LogP contribution in [0.2, 0.25) is 0 Å². The molecule has 2 aliphatic rings. The quantitative estimate of drug-likeness (QED) is 0.139. The second-order valence-electron chi connectivity index (χ2n) is 8.22. The van der Waals surface area contributed by atoms with Crippen molar-refractivity contribution in [2.75, 3.05) is 13.1 Å². The van der Waals surface area contributed by atoms with Crippen LogP contribution in [0.15, 0.2) is 25.6 Å². The molecule has 193 valence electrons. The van der Waals surface area contributed by atoms with Crippen LogP contribution in [0.25, 0.3) is 0 Å². The molecule has 0 saturated carbocycles. The molecule has 12 heteroatoms. The van der Waals surface area contributed by atoms with Crippen molar-refractivity contribution in [3.63, 3.8) is 0 Å². The molecule has 0 N–H and O–H groups in total. The first-order chi connectivity index (χ1) is 17.3. The summed E-state index contributed by atoms with van der Waals surface area (Å²) in [5.74, 6) is -0.482. The molecule has 4 amide bonds. The molecule has 0 fully saturated rings. The molecule has 0 unspecified atom stereocenters. The van der Waals surface area contributed by atoms with Gasteiger partial charge in [0.15, 0.2) is 0 Å². The zero-order valence-electron chi connectivity index (χ0n) is 20.5. The second-order valence-corrected chi connectivity index (χ2v) is 11.8. The Morgan fingerprint density at radius 3 is 1.81 bits per heavy atom. The average Bonchev–Trinajstić information content (AvgIpc) is 3.59. The van der Waals surface area contributed by atoms with Crippen molar-refractivity contribution in [2.24, 2.45) is 4.30 Å². The van der Waals surface area contributed by atoms with E-state index in [4.69, 9.17) is 0 Å². The number of imide groups is 2. The number of unbranched alkanes of at least 4 members (excludes halogenated alkanes) is 6. The van der Waals surface area contributed by atoms with Gasteiger partial charge in [-0.2, -0.15) is 0 Å². The van der Waals surface area contributed by atoms with E-state index in [1.165, 1.54) is 32.5 Å². The predicted octanol–water partition coefficient (Wildman–Crippen LogP) is 6.79. The molecule has 4 heterocycles. The summed E-state index contributed by atoms with van der Waals surface area (Å²) in [7, 11) is 4.34. The summed E-state index contributed by atoms with van der Waals surface area (Å²) in [5, 5.41) is 1.80. The molecule has 7 nitrogen and oxygen atoms in total. The van der Waals surface area contributed by atoms with Gasteiger partial charge >= 0.3 is 24.8 Å². The van der Waals surface area contributed by atoms with Gasteiger partial charge in [-0.15, -0.1) is 22.7 Å². The molecular weight excluding hydrogens is 581 g/mol. The fourth-order valence-electron chi connectivity index (χ4n) is 3.84. The molecule has 0 spiro atoms. The fraction of sp³-hybridized carbons (Fsp3) is 0.500. The van der Waals surface area contributed by atoms with Gasteiger partial charge < -0.3 is 0 Å². The Balaban J connectivity index is 0.000000229. The molecule has 0 bridgehead atoms. The van der Waals surface area contributed by atoms with E-state index in [1.54, 1.807) is 17.5 Å². The number of carbonyl (C=O) groups is 4. The summed E-state index contributed by atoms with van der Waals surface area (Å²) < 4.78 is 3.54. The Morgan fingerprint density at radius 1 is 0.833 bits per heavy atom. The van der Waals surface area contributed by atoms with Gasteiger partial charge in [0.2, 0.25) is 0 Å². The standard InChI is InChI=1S/C12H14BrNO2S.C12H15NO2S.BHNS/c1-2-3-4-5-6-14-11(15)8-7-9(13)17-10(8)12(14)16;1-2-3-4-5-7-13-11(14)9-6-8-16-10(9)12(13)15;1-2-3/h7H,2-6H2,1H3;6,8H,2-5,7H2,1H3;3H. The van der Waals surface area contributed by atoms with E-state index in [2.05, 4.69) is 54.5 Å². The molecule has 0 aromatic carbocycles. The Kier molecular flexibility index (Phi) is 13.2. The summed E-state index contributed by atoms with van der Waals surface area (Å²) in [4.78, 5) is 51.6. The zero-order chi connectivity index (χ0) is 26.7. The maximum atomic E-state index is 12.0. The van der Waals surface area contributed by atoms with Crippen molar-refractivity contribution in [1.82, 2.24) is 9.80 Å². The molecule has 1 radical (unpaired) electrons. The van der Waals surface area contributed by atoms with Gasteiger partial charge in [-0.25, -0.2) is 0 Å². The SMILES string of the molecule is CCCCCCN1C(=O)c2cc(Br)sc2C1=O.CCCCCCN1C(=O)c2ccsc2C1=O.[B]=NS. The maximum absolute atomic E-state index is 12.0. The second kappa shape index (κ2) is 15.6. The van der Waals surface area contributed by atoms with Crippen molar-refractivity contribution >= 4 is 82.7 Å². The third-order valence-corrected chi connectivity index (χ3v) is 8.20. The predicted molar refractivity (Wildman–Crippen MR) is 153 cm³/mol. The Hall–Kier alpha value is -1.63. The van der Waals surface area contributed by atoms with E-state index < -0.39 is 0 Å². The van der Waals surface area contributed by atoms with E-state index in [-0.39, 0.29) is 23.6 Å². The van der Waals surface area contributed by atoms with E-state index >= 15 is 0 Å². The van der Waals surface area contributed by atoms with Gasteiger partial charge in [-0.3, -0.25) is 29.0 Å². The van der Waals surface area contributed by atoms with Crippen LogP contribution in [0, 0.1) is 0 Å². The number of hydrogen-bond acceptors (Lipinski definition) is 8. The van der Waals surface area contributed by atoms with Gasteiger partial charge in [0, 0.05) is 13.1 Å². The number of nitrogens with zero attached hydrogens (tertiary/aromatic N) is 3. The average molecular weight is 611 g/mol. The number of fused-ring (bicyclic) bond motifs is 2. The zero-order valence-corrected chi connectivity index (χ0v) is 24.6. The summed E-state index contributed by atoms with van der Waals surface area (Å²) in [5.41, 5.74) is 1.15. The first kappa shape index (κ1) is 30.6. The Bertz CT molecular complexity index is 1020. The number of carbonyl (C=O) groups excluding carboxylic acids is 4. The number of halogens is 1. The van der Waals surface area contributed by atoms with Crippen LogP contribution in [0.1, 0.15) is 105 Å². The van der Waals surface area contributed by atoms with Crippen LogP contribution in [0.5, 0.6) is 0 Å². The van der Waals surface area contributed by atoms with Crippen LogP contribution in [0.3, 0.4) is 0 Å². The molecule has 0 saturated heterocycles. The minimum absolute atomic E-state index is 0.105. The van der Waals surface area contributed by atoms with Gasteiger partial charge in [0.05, 0.1) is 14.9 Å². The van der Waals surface area contributed by atoms with Gasteiger partial charge in [0.25, 0.3) is 23.6 Å². The molecule has 2 aromatic heterocycles. The van der Waals surface area contributed by atoms with Crippen molar-refractivity contribution < 1.29 is 19.2 Å². The van der Waals surface area contributed by atoms with E-state index in [1.807, 2.05) is 0 Å². The first-order valence-electron chi connectivity index (χ1n) is 12.0. The summed E-state index contributed by atoms with van der Waals surface area (Å²) in [6, 6.07) is 3.48. The van der Waals surface area contributed by atoms with Crippen LogP contribution >= 0.6 is 51.4 Å². The van der Waals surface area contributed by atoms with Crippen LogP contribution in [0.4, 0.5) is 0 Å². The molecular formula is C24H30BBrN3O4S3. The molecule has 2 aromatic rings. The van der Waals surface area contributed by atoms with Crippen molar-refractivity contribution in [3.05, 3.63) is 42.2 Å². The fourth-order valence-corrected chi connectivity index (χ4v) is 6.22. The van der Waals surface area contributed by atoms with Gasteiger partial charge in [-0.1, -0.05) is 52.4 Å². The molecule has 4 rings (SSSR count). The molecule has 0 atom stereocenters. The normalized spacial score (nSPS) is 13.8. The molecule has 36 heavy (non-hydrogen) atoms. The third-order valence-electron chi connectivity index (χ3n) is 5.67. The summed E-state index contributed by atoms with van der Waals surface area (Å²) in [6.07, 6.45) is 8.62. The van der Waals surface area contributed by atoms with Crippen LogP contribution in [-0.4, -0.2) is 54.2 Å². The number of amides is 4. The number of thiophene rings is 2. The van der Waals surface area contributed by atoms with Gasteiger partial charge in [-0.05, 0) is 46.3 Å². The number of rotatable bonds is 10. The molecule has 0 aliphatic carbocycles. The van der Waals surface area contributed by atoms with Crippen molar-refractivity contribution in [1.29, 1.82) is 0 Å². The van der Waals surface area contributed by atoms with E-state index in [9.17, 15) is 19.2 Å². The Labute approximate surface area is 235 Å². The summed E-state index contributed by atoms with van der Waals surface area (Å²) >= 11 is 9.19. The topological polar surface area (TPSA) is 87.1 Å². The Morgan fingerprint density at radius 2 is 1.33 bits per heavy atom. The number of thiol groups is 1. The van der Waals surface area contributed by atoms with E-state index in [0.717, 1.165) is 55.2 Å². The van der Waals surface area contributed by atoms with Crippen molar-refractivity contribution in [3.8, 4) is 0 Å². The summed E-state index contributed by atoms with van der Waals surface area (Å²) in [6.45, 7) is 5.40. The molecule has 2 aliphatic heterocycles.